The molecule has 0 aliphatic carbocycles. The zero-order valence-corrected chi connectivity index (χ0v) is 15.6. The molecule has 0 aliphatic rings. The van der Waals surface area contributed by atoms with E-state index in [1.807, 2.05) is 37.3 Å². The third-order valence-electron chi connectivity index (χ3n) is 3.78. The van der Waals surface area contributed by atoms with E-state index in [1.54, 1.807) is 18.2 Å². The first kappa shape index (κ1) is 19.3. The smallest absolute Gasteiger partial charge is 0.222 e. The number of halogens is 2. The van der Waals surface area contributed by atoms with Gasteiger partial charge in [0.1, 0.15) is 0 Å². The van der Waals surface area contributed by atoms with E-state index in [1.165, 1.54) is 6.92 Å². The molecule has 132 valence electrons. The number of hydrogen-bond donors (Lipinski definition) is 2. The lowest BCUT2D eigenvalue weighted by atomic mass is 10.0. The standard InChI is InChI=1S/C19H20Cl2N2O2/c1-12(16-9-8-15(20)10-17(16)21)22-19(25)11-18(23-13(2)24)14-6-4-3-5-7-14/h3-10,12,18H,11H2,1-2H3,(H,22,25)(H,23,24)/t12-,18-/m0/s1. The van der Waals surface area contributed by atoms with E-state index in [4.69, 9.17) is 23.2 Å². The summed E-state index contributed by atoms with van der Waals surface area (Å²) in [5.41, 5.74) is 1.67. The van der Waals surface area contributed by atoms with Gasteiger partial charge in [0.2, 0.25) is 11.8 Å². The fourth-order valence-electron chi connectivity index (χ4n) is 2.60. The highest BCUT2D eigenvalue weighted by atomic mass is 35.5. The summed E-state index contributed by atoms with van der Waals surface area (Å²) in [6.45, 7) is 3.28. The molecule has 6 heteroatoms. The Morgan fingerprint density at radius 2 is 1.72 bits per heavy atom. The van der Waals surface area contributed by atoms with E-state index in [-0.39, 0.29) is 30.3 Å². The summed E-state index contributed by atoms with van der Waals surface area (Å²) in [6, 6.07) is 13.9. The Kier molecular flexibility index (Phi) is 6.85. The van der Waals surface area contributed by atoms with Crippen LogP contribution >= 0.6 is 23.2 Å². The molecule has 2 rings (SSSR count). The van der Waals surface area contributed by atoms with Crippen LogP contribution in [0, 0.1) is 0 Å². The number of carbonyl (C=O) groups is 2. The van der Waals surface area contributed by atoms with Crippen molar-refractivity contribution in [2.24, 2.45) is 0 Å². The maximum atomic E-state index is 12.4. The number of hydrogen-bond acceptors (Lipinski definition) is 2. The molecular formula is C19H20Cl2N2O2. The molecule has 25 heavy (non-hydrogen) atoms. The van der Waals surface area contributed by atoms with E-state index >= 15 is 0 Å². The van der Waals surface area contributed by atoms with Crippen LogP contribution in [-0.4, -0.2) is 11.8 Å². The first-order valence-electron chi connectivity index (χ1n) is 7.93. The van der Waals surface area contributed by atoms with Crippen molar-refractivity contribution in [1.29, 1.82) is 0 Å². The molecule has 4 nitrogen and oxygen atoms in total. The van der Waals surface area contributed by atoms with Crippen LogP contribution < -0.4 is 10.6 Å². The monoisotopic (exact) mass is 378 g/mol. The topological polar surface area (TPSA) is 58.2 Å². The van der Waals surface area contributed by atoms with Gasteiger partial charge in [-0.05, 0) is 30.2 Å². The van der Waals surface area contributed by atoms with Crippen molar-refractivity contribution >= 4 is 35.0 Å². The summed E-state index contributed by atoms with van der Waals surface area (Å²) in [5.74, 6) is -0.364. The van der Waals surface area contributed by atoms with Gasteiger partial charge in [-0.1, -0.05) is 59.6 Å². The summed E-state index contributed by atoms with van der Waals surface area (Å²) < 4.78 is 0. The van der Waals surface area contributed by atoms with Crippen molar-refractivity contribution in [2.45, 2.75) is 32.4 Å². The molecule has 0 bridgehead atoms. The molecule has 0 fully saturated rings. The van der Waals surface area contributed by atoms with Crippen LogP contribution in [0.5, 0.6) is 0 Å². The van der Waals surface area contributed by atoms with Crippen LogP contribution in [0.2, 0.25) is 10.0 Å². The van der Waals surface area contributed by atoms with Gasteiger partial charge in [-0.25, -0.2) is 0 Å². The van der Waals surface area contributed by atoms with Gasteiger partial charge in [-0.2, -0.15) is 0 Å². The second kappa shape index (κ2) is 8.88. The normalized spacial score (nSPS) is 13.0. The van der Waals surface area contributed by atoms with Gasteiger partial charge in [-0.3, -0.25) is 9.59 Å². The Balaban J connectivity index is 2.06. The van der Waals surface area contributed by atoms with Gasteiger partial charge < -0.3 is 10.6 Å². The molecule has 0 aliphatic heterocycles. The number of amides is 2. The molecule has 2 N–H and O–H groups in total. The molecular weight excluding hydrogens is 359 g/mol. The van der Waals surface area contributed by atoms with Crippen molar-refractivity contribution in [2.75, 3.05) is 0 Å². The van der Waals surface area contributed by atoms with Crippen LogP contribution in [0.15, 0.2) is 48.5 Å². The largest absolute Gasteiger partial charge is 0.349 e. The average molecular weight is 379 g/mol. The maximum absolute atomic E-state index is 12.4. The quantitative estimate of drug-likeness (QED) is 0.780. The molecule has 0 heterocycles. The predicted molar refractivity (Wildman–Crippen MR) is 101 cm³/mol. The molecule has 0 radical (unpaired) electrons. The van der Waals surface area contributed by atoms with Gasteiger partial charge in [0.25, 0.3) is 0 Å². The Morgan fingerprint density at radius 3 is 2.32 bits per heavy atom. The Morgan fingerprint density at radius 1 is 1.04 bits per heavy atom. The SMILES string of the molecule is CC(=O)N[C@@H](CC(=O)N[C@@H](C)c1ccc(Cl)cc1Cl)c1ccccc1. The summed E-state index contributed by atoms with van der Waals surface area (Å²) in [7, 11) is 0. The minimum atomic E-state index is -0.383. The lowest BCUT2D eigenvalue weighted by Crippen LogP contribution is -2.33. The average Bonchev–Trinajstić information content (AvgIpc) is 2.54. The zero-order chi connectivity index (χ0) is 18.4. The lowest BCUT2D eigenvalue weighted by Gasteiger charge is -2.21. The highest BCUT2D eigenvalue weighted by Crippen LogP contribution is 2.26. The van der Waals surface area contributed by atoms with E-state index in [0.29, 0.717) is 10.0 Å². The van der Waals surface area contributed by atoms with Gasteiger partial charge >= 0.3 is 0 Å². The van der Waals surface area contributed by atoms with Crippen molar-refractivity contribution < 1.29 is 9.59 Å². The minimum Gasteiger partial charge on any atom is -0.349 e. The van der Waals surface area contributed by atoms with Crippen molar-refractivity contribution in [3.63, 3.8) is 0 Å². The minimum absolute atomic E-state index is 0.138. The van der Waals surface area contributed by atoms with Gasteiger partial charge in [0.15, 0.2) is 0 Å². The number of rotatable bonds is 6. The molecule has 2 aromatic rings. The molecule has 2 atom stereocenters. The molecule has 0 saturated heterocycles. The molecule has 0 saturated carbocycles. The maximum Gasteiger partial charge on any atom is 0.222 e. The molecule has 0 unspecified atom stereocenters. The van der Waals surface area contributed by atoms with Gasteiger partial charge in [0.05, 0.1) is 18.5 Å². The highest BCUT2D eigenvalue weighted by Gasteiger charge is 2.19. The van der Waals surface area contributed by atoms with Crippen LogP contribution in [0.3, 0.4) is 0 Å². The third-order valence-corrected chi connectivity index (χ3v) is 4.34. The summed E-state index contributed by atoms with van der Waals surface area (Å²) >= 11 is 12.1. The first-order chi connectivity index (χ1) is 11.9. The molecule has 2 aromatic carbocycles. The second-order valence-electron chi connectivity index (χ2n) is 5.82. The van der Waals surface area contributed by atoms with Crippen molar-refractivity contribution in [3.8, 4) is 0 Å². The van der Waals surface area contributed by atoms with E-state index in [9.17, 15) is 9.59 Å². The highest BCUT2D eigenvalue weighted by molar-refractivity contribution is 6.35. The fraction of sp³-hybridized carbons (Fsp3) is 0.263. The van der Waals surface area contributed by atoms with E-state index in [2.05, 4.69) is 10.6 Å². The first-order valence-corrected chi connectivity index (χ1v) is 8.68. The van der Waals surface area contributed by atoms with Crippen molar-refractivity contribution in [1.82, 2.24) is 10.6 Å². The Bertz CT molecular complexity index is 750. The zero-order valence-electron chi connectivity index (χ0n) is 14.1. The Labute approximate surface area is 157 Å². The van der Waals surface area contributed by atoms with Gasteiger partial charge in [-0.15, -0.1) is 0 Å². The van der Waals surface area contributed by atoms with Gasteiger partial charge in [0, 0.05) is 17.0 Å². The number of carbonyl (C=O) groups excluding carboxylic acids is 2. The predicted octanol–water partition coefficient (Wildman–Crippen LogP) is 4.44. The Hall–Kier alpha value is -2.04. The molecule has 2 amide bonds. The van der Waals surface area contributed by atoms with Crippen LogP contribution in [-0.2, 0) is 9.59 Å². The molecule has 0 spiro atoms. The lowest BCUT2D eigenvalue weighted by molar-refractivity contribution is -0.123. The number of benzene rings is 2. The van der Waals surface area contributed by atoms with Crippen LogP contribution in [0.25, 0.3) is 0 Å². The van der Waals surface area contributed by atoms with E-state index < -0.39 is 0 Å². The second-order valence-corrected chi connectivity index (χ2v) is 6.67. The van der Waals surface area contributed by atoms with Crippen molar-refractivity contribution in [3.05, 3.63) is 69.7 Å². The summed E-state index contributed by atoms with van der Waals surface area (Å²) in [4.78, 5) is 23.9. The summed E-state index contributed by atoms with van der Waals surface area (Å²) in [6.07, 6.45) is 0.138. The number of nitrogens with one attached hydrogen (secondary N) is 2. The van der Waals surface area contributed by atoms with Crippen LogP contribution in [0.4, 0.5) is 0 Å². The summed E-state index contributed by atoms with van der Waals surface area (Å²) in [5, 5.41) is 6.77. The third kappa shape index (κ3) is 5.76. The van der Waals surface area contributed by atoms with E-state index in [0.717, 1.165) is 11.1 Å². The van der Waals surface area contributed by atoms with Crippen LogP contribution in [0.1, 0.15) is 43.5 Å². The molecule has 0 aromatic heterocycles. The fourth-order valence-corrected chi connectivity index (χ4v) is 3.17.